The predicted octanol–water partition coefficient (Wildman–Crippen LogP) is 4.74. The van der Waals surface area contributed by atoms with Crippen LogP contribution in [0, 0.1) is 5.41 Å². The zero-order valence-corrected chi connectivity index (χ0v) is 15.6. The predicted molar refractivity (Wildman–Crippen MR) is 106 cm³/mol. The van der Waals surface area contributed by atoms with Crippen LogP contribution in [0.1, 0.15) is 48.2 Å². The number of anilines is 1. The number of fused-ring (bicyclic) bond motifs is 1. The standard InChI is InChI=1S/C23H27NO2/c1-3-4-13-23(2)14-15-24(21-8-6-5-7-20(21)16-23)22(26)19-11-9-18(17-25)10-12-19/h4-13,25H,3,14-17H2,1-2H3/b13-4-. The fourth-order valence-corrected chi connectivity index (χ4v) is 3.60. The lowest BCUT2D eigenvalue weighted by Crippen LogP contribution is -2.32. The summed E-state index contributed by atoms with van der Waals surface area (Å²) in [7, 11) is 0. The fourth-order valence-electron chi connectivity index (χ4n) is 3.60. The van der Waals surface area contributed by atoms with E-state index in [0.717, 1.165) is 30.5 Å². The number of allylic oxidation sites excluding steroid dienone is 2. The molecule has 1 aliphatic heterocycles. The molecular formula is C23H27NO2. The second kappa shape index (κ2) is 7.88. The van der Waals surface area contributed by atoms with Crippen molar-refractivity contribution in [2.75, 3.05) is 11.4 Å². The van der Waals surface area contributed by atoms with Crippen molar-refractivity contribution in [2.45, 2.75) is 39.7 Å². The number of carbonyl (C=O) groups excluding carboxylic acids is 1. The largest absolute Gasteiger partial charge is 0.392 e. The number of benzene rings is 2. The number of para-hydroxylation sites is 1. The van der Waals surface area contributed by atoms with Gasteiger partial charge in [0.1, 0.15) is 0 Å². The van der Waals surface area contributed by atoms with Crippen LogP contribution in [0.3, 0.4) is 0 Å². The molecule has 0 bridgehead atoms. The van der Waals surface area contributed by atoms with Crippen LogP contribution in [0.2, 0.25) is 0 Å². The van der Waals surface area contributed by atoms with Gasteiger partial charge in [0.25, 0.3) is 5.91 Å². The number of hydrogen-bond donors (Lipinski definition) is 1. The van der Waals surface area contributed by atoms with E-state index in [1.165, 1.54) is 5.56 Å². The van der Waals surface area contributed by atoms with E-state index in [4.69, 9.17) is 0 Å². The SMILES string of the molecule is CC/C=C\C1(C)CCN(C(=O)c2ccc(CO)cc2)c2ccccc2C1. The molecule has 0 saturated heterocycles. The van der Waals surface area contributed by atoms with Crippen LogP contribution in [0.15, 0.2) is 60.7 Å². The first-order chi connectivity index (χ1) is 12.6. The molecule has 0 radical (unpaired) electrons. The Morgan fingerprint density at radius 3 is 2.62 bits per heavy atom. The molecule has 3 heteroatoms. The zero-order chi connectivity index (χ0) is 18.6. The molecule has 0 aliphatic carbocycles. The normalized spacial score (nSPS) is 20.0. The van der Waals surface area contributed by atoms with Gasteiger partial charge in [-0.25, -0.2) is 0 Å². The maximum atomic E-state index is 13.2. The van der Waals surface area contributed by atoms with E-state index in [1.807, 2.05) is 35.2 Å². The third-order valence-corrected chi connectivity index (χ3v) is 5.17. The number of carbonyl (C=O) groups is 1. The zero-order valence-electron chi connectivity index (χ0n) is 15.6. The Morgan fingerprint density at radius 1 is 1.19 bits per heavy atom. The molecular weight excluding hydrogens is 322 g/mol. The Labute approximate surface area is 156 Å². The van der Waals surface area contributed by atoms with E-state index >= 15 is 0 Å². The molecule has 0 fully saturated rings. The number of rotatable bonds is 4. The molecule has 1 unspecified atom stereocenters. The summed E-state index contributed by atoms with van der Waals surface area (Å²) in [6, 6.07) is 15.5. The molecule has 0 aromatic heterocycles. The molecule has 0 saturated carbocycles. The number of hydrogen-bond acceptors (Lipinski definition) is 2. The highest BCUT2D eigenvalue weighted by molar-refractivity contribution is 6.06. The van der Waals surface area contributed by atoms with Gasteiger partial charge in [0.2, 0.25) is 0 Å². The second-order valence-electron chi connectivity index (χ2n) is 7.33. The van der Waals surface area contributed by atoms with Crippen LogP contribution in [0.4, 0.5) is 5.69 Å². The second-order valence-corrected chi connectivity index (χ2v) is 7.33. The lowest BCUT2D eigenvalue weighted by molar-refractivity contribution is 0.0985. The topological polar surface area (TPSA) is 40.5 Å². The molecule has 0 spiro atoms. The summed E-state index contributed by atoms with van der Waals surface area (Å²) < 4.78 is 0. The van der Waals surface area contributed by atoms with Gasteiger partial charge in [-0.1, -0.05) is 56.3 Å². The van der Waals surface area contributed by atoms with Crippen molar-refractivity contribution in [3.05, 3.63) is 77.4 Å². The average molecular weight is 349 g/mol. The van der Waals surface area contributed by atoms with Gasteiger partial charge in [-0.2, -0.15) is 0 Å². The molecule has 3 nitrogen and oxygen atoms in total. The molecule has 1 amide bonds. The summed E-state index contributed by atoms with van der Waals surface area (Å²) in [5.41, 5.74) is 3.76. The number of aliphatic hydroxyl groups excluding tert-OH is 1. The minimum Gasteiger partial charge on any atom is -0.392 e. The Balaban J connectivity index is 1.94. The first-order valence-corrected chi connectivity index (χ1v) is 9.33. The summed E-state index contributed by atoms with van der Waals surface area (Å²) in [6.45, 7) is 5.11. The van der Waals surface area contributed by atoms with Gasteiger partial charge in [0, 0.05) is 17.8 Å². The Kier molecular flexibility index (Phi) is 5.58. The average Bonchev–Trinajstić information content (AvgIpc) is 2.82. The summed E-state index contributed by atoms with van der Waals surface area (Å²) >= 11 is 0. The van der Waals surface area contributed by atoms with Gasteiger partial charge in [-0.05, 0) is 54.0 Å². The van der Waals surface area contributed by atoms with Crippen molar-refractivity contribution < 1.29 is 9.90 Å². The van der Waals surface area contributed by atoms with Crippen molar-refractivity contribution in [3.63, 3.8) is 0 Å². The number of amides is 1. The van der Waals surface area contributed by atoms with Crippen molar-refractivity contribution in [2.24, 2.45) is 5.41 Å². The Bertz CT molecular complexity index is 794. The summed E-state index contributed by atoms with van der Waals surface area (Å²) in [4.78, 5) is 15.1. The van der Waals surface area contributed by atoms with Crippen molar-refractivity contribution >= 4 is 11.6 Å². The first kappa shape index (κ1) is 18.4. The maximum Gasteiger partial charge on any atom is 0.258 e. The monoisotopic (exact) mass is 349 g/mol. The van der Waals surface area contributed by atoms with Crippen LogP contribution in [-0.4, -0.2) is 17.6 Å². The molecule has 2 aromatic carbocycles. The molecule has 136 valence electrons. The van der Waals surface area contributed by atoms with Gasteiger partial charge < -0.3 is 10.0 Å². The molecule has 1 heterocycles. The van der Waals surface area contributed by atoms with Gasteiger partial charge in [0.05, 0.1) is 6.61 Å². The van der Waals surface area contributed by atoms with Gasteiger partial charge in [-0.15, -0.1) is 0 Å². The highest BCUT2D eigenvalue weighted by Crippen LogP contribution is 2.37. The Morgan fingerprint density at radius 2 is 1.92 bits per heavy atom. The molecule has 2 aromatic rings. The molecule has 1 N–H and O–H groups in total. The van der Waals surface area contributed by atoms with Crippen LogP contribution in [0.25, 0.3) is 0 Å². The van der Waals surface area contributed by atoms with Gasteiger partial charge in [-0.3, -0.25) is 4.79 Å². The van der Waals surface area contributed by atoms with Gasteiger partial charge >= 0.3 is 0 Å². The van der Waals surface area contributed by atoms with Crippen LogP contribution in [-0.2, 0) is 13.0 Å². The summed E-state index contributed by atoms with van der Waals surface area (Å²) in [6.07, 6.45) is 7.43. The van der Waals surface area contributed by atoms with E-state index < -0.39 is 0 Å². The minimum atomic E-state index is -0.0108. The van der Waals surface area contributed by atoms with Crippen LogP contribution < -0.4 is 4.90 Å². The summed E-state index contributed by atoms with van der Waals surface area (Å²) in [5.74, 6) is 0.0191. The van der Waals surface area contributed by atoms with Gasteiger partial charge in [0.15, 0.2) is 0 Å². The van der Waals surface area contributed by atoms with E-state index in [-0.39, 0.29) is 17.9 Å². The molecule has 3 rings (SSSR count). The van der Waals surface area contributed by atoms with Crippen LogP contribution in [0.5, 0.6) is 0 Å². The lowest BCUT2D eigenvalue weighted by atomic mass is 9.81. The molecule has 1 aliphatic rings. The minimum absolute atomic E-state index is 0.0108. The van der Waals surface area contributed by atoms with E-state index in [2.05, 4.69) is 32.1 Å². The highest BCUT2D eigenvalue weighted by Gasteiger charge is 2.31. The third kappa shape index (κ3) is 3.88. The van der Waals surface area contributed by atoms with Crippen molar-refractivity contribution in [3.8, 4) is 0 Å². The first-order valence-electron chi connectivity index (χ1n) is 9.33. The number of nitrogens with zero attached hydrogens (tertiary/aromatic N) is 1. The number of aliphatic hydroxyl groups is 1. The quantitative estimate of drug-likeness (QED) is 0.810. The van der Waals surface area contributed by atoms with Crippen molar-refractivity contribution in [1.82, 2.24) is 0 Å². The maximum absolute atomic E-state index is 13.2. The Hall–Kier alpha value is -2.39. The summed E-state index contributed by atoms with van der Waals surface area (Å²) in [5, 5.41) is 9.21. The van der Waals surface area contributed by atoms with E-state index in [9.17, 15) is 9.90 Å². The van der Waals surface area contributed by atoms with E-state index in [0.29, 0.717) is 12.1 Å². The fraction of sp³-hybridized carbons (Fsp3) is 0.348. The lowest BCUT2D eigenvalue weighted by Gasteiger charge is -2.25. The van der Waals surface area contributed by atoms with Crippen LogP contribution >= 0.6 is 0 Å². The highest BCUT2D eigenvalue weighted by atomic mass is 16.3. The van der Waals surface area contributed by atoms with E-state index in [1.54, 1.807) is 12.1 Å². The molecule has 1 atom stereocenters. The van der Waals surface area contributed by atoms with Crippen molar-refractivity contribution in [1.29, 1.82) is 0 Å². The molecule has 26 heavy (non-hydrogen) atoms. The smallest absolute Gasteiger partial charge is 0.258 e. The third-order valence-electron chi connectivity index (χ3n) is 5.17.